The van der Waals surface area contributed by atoms with E-state index in [0.29, 0.717) is 5.57 Å². The maximum Gasteiger partial charge on any atom is 0.329 e. The topological polar surface area (TPSA) is 340 Å². The molecule has 4 aliphatic carbocycles. The van der Waals surface area contributed by atoms with Crippen molar-refractivity contribution < 1.29 is 87.4 Å². The summed E-state index contributed by atoms with van der Waals surface area (Å²) in [6, 6.07) is -1.86. The van der Waals surface area contributed by atoms with Crippen LogP contribution in [0.15, 0.2) is 23.8 Å². The number of rotatable bonds is 20. The number of halogens is 1. The quantitative estimate of drug-likeness (QED) is 0.0475. The Kier molecular flexibility index (Phi) is 14.0. The van der Waals surface area contributed by atoms with Crippen LogP contribution in [0.5, 0.6) is 0 Å². The SMILES string of the molecule is CC(=O)NC(CC(=O)OCC(=O)[C@@]1(OC(=O)CCCO[N+](=O)[O-])[C@H](O)CC2C3CCC4=CC(=O)C=C[C@]4(C)[C@@]3(F)[C@@H](O)C[C@@]21C)C(=O)OCC(CO[N+](=O)[O-])O[N+](=O)[O-]. The number of alkyl halides is 1. The third kappa shape index (κ3) is 9.24. The molecule has 59 heavy (non-hydrogen) atoms. The Morgan fingerprint density at radius 2 is 1.64 bits per heavy atom. The molecule has 0 aromatic rings. The number of fused-ring (bicyclic) bond motifs is 5. The van der Waals surface area contributed by atoms with E-state index in [1.54, 1.807) is 0 Å². The van der Waals surface area contributed by atoms with Crippen molar-refractivity contribution in [3.8, 4) is 0 Å². The van der Waals surface area contributed by atoms with Crippen LogP contribution in [0, 0.1) is 53.0 Å². The predicted octanol–water partition coefficient (Wildman–Crippen LogP) is -0.0660. The second-order valence-electron chi connectivity index (χ2n) is 15.0. The molecule has 0 heterocycles. The average molecular weight is 847 g/mol. The van der Waals surface area contributed by atoms with Crippen molar-refractivity contribution in [2.75, 3.05) is 26.4 Å². The Balaban J connectivity index is 1.58. The Morgan fingerprint density at radius 3 is 2.27 bits per heavy atom. The molecule has 24 nitrogen and oxygen atoms in total. The van der Waals surface area contributed by atoms with E-state index in [4.69, 9.17) is 14.2 Å². The van der Waals surface area contributed by atoms with Crippen molar-refractivity contribution in [2.24, 2.45) is 22.7 Å². The molecule has 0 spiro atoms. The number of carbonyl (C=O) groups is 6. The lowest BCUT2D eigenvalue weighted by Crippen LogP contribution is -2.70. The van der Waals surface area contributed by atoms with Gasteiger partial charge in [0.15, 0.2) is 24.2 Å². The third-order valence-corrected chi connectivity index (χ3v) is 11.6. The van der Waals surface area contributed by atoms with E-state index < -0.39 is 149 Å². The van der Waals surface area contributed by atoms with Crippen molar-refractivity contribution >= 4 is 35.4 Å². The number of aliphatic hydroxyl groups is 2. The zero-order valence-electron chi connectivity index (χ0n) is 31.9. The zero-order chi connectivity index (χ0) is 44.1. The van der Waals surface area contributed by atoms with Gasteiger partial charge in [-0.2, -0.15) is 0 Å². The van der Waals surface area contributed by atoms with E-state index in [2.05, 4.69) is 19.8 Å². The molecule has 326 valence electrons. The number of amides is 1. The smallest absolute Gasteiger partial charge is 0.329 e. The molecule has 3 fully saturated rings. The standard InChI is InChI=1S/C34H43FN4O20/c1-18(40)36-24(30(47)55-15-21(59-39(52)53)16-57-38(50)51)13-29(46)54-17-27(44)34(58-28(45)5-4-10-56-37(48)49)25(42)12-23-22-7-6-19-11-20(41)8-9-31(19,2)33(22,35)26(43)14-32(23,34)3/h8-9,11,21-26,42-43H,4-7,10,12-17H2,1-3H3,(H,36,40)/t21?,22?,23?,24?,25-,26+,31+,32+,33+,34+/m1/s1. The van der Waals surface area contributed by atoms with Gasteiger partial charge in [0.05, 0.1) is 19.1 Å². The molecule has 0 saturated heterocycles. The van der Waals surface area contributed by atoms with Gasteiger partial charge in [-0.15, -0.1) is 30.3 Å². The monoisotopic (exact) mass is 846 g/mol. The Morgan fingerprint density at radius 1 is 0.966 bits per heavy atom. The number of aliphatic hydroxyl groups excluding tert-OH is 2. The highest BCUT2D eigenvalue weighted by atomic mass is 19.1. The minimum absolute atomic E-state index is 0.0524. The summed E-state index contributed by atoms with van der Waals surface area (Å²) < 4.78 is 33.5. The fourth-order valence-corrected chi connectivity index (χ4v) is 9.11. The van der Waals surface area contributed by atoms with Gasteiger partial charge in [0.2, 0.25) is 17.3 Å². The van der Waals surface area contributed by atoms with Gasteiger partial charge >= 0.3 is 17.9 Å². The second-order valence-corrected chi connectivity index (χ2v) is 15.0. The second kappa shape index (κ2) is 18.0. The van der Waals surface area contributed by atoms with Crippen molar-refractivity contribution in [2.45, 2.75) is 101 Å². The minimum Gasteiger partial charge on any atom is -0.462 e. The third-order valence-electron chi connectivity index (χ3n) is 11.6. The number of esters is 3. The Bertz CT molecular complexity index is 1810. The molecule has 3 saturated carbocycles. The molecule has 0 radical (unpaired) electrons. The Labute approximate surface area is 332 Å². The summed E-state index contributed by atoms with van der Waals surface area (Å²) in [7, 11) is 0. The van der Waals surface area contributed by atoms with Crippen LogP contribution < -0.4 is 5.32 Å². The van der Waals surface area contributed by atoms with Crippen LogP contribution in [0.1, 0.15) is 65.7 Å². The van der Waals surface area contributed by atoms with E-state index in [0.717, 1.165) is 6.92 Å². The summed E-state index contributed by atoms with van der Waals surface area (Å²) in [5, 5.41) is 53.7. The molecule has 25 heteroatoms. The van der Waals surface area contributed by atoms with Crippen LogP contribution in [0.3, 0.4) is 0 Å². The molecular formula is C34H43FN4O20. The van der Waals surface area contributed by atoms with Crippen molar-refractivity contribution in [1.82, 2.24) is 5.32 Å². The summed E-state index contributed by atoms with van der Waals surface area (Å²) in [6.07, 6.45) is -4.28. The van der Waals surface area contributed by atoms with Gasteiger partial charge in [-0.3, -0.25) is 24.0 Å². The lowest BCUT2D eigenvalue weighted by Gasteiger charge is -2.62. The van der Waals surface area contributed by atoms with Crippen LogP contribution in [-0.2, 0) is 57.5 Å². The number of ether oxygens (including phenoxy) is 3. The largest absolute Gasteiger partial charge is 0.462 e. The average Bonchev–Trinajstić information content (AvgIpc) is 3.35. The highest BCUT2D eigenvalue weighted by Gasteiger charge is 2.78. The van der Waals surface area contributed by atoms with Gasteiger partial charge in [0.25, 0.3) is 15.3 Å². The van der Waals surface area contributed by atoms with Gasteiger partial charge in [0, 0.05) is 30.1 Å². The van der Waals surface area contributed by atoms with Crippen LogP contribution in [0.2, 0.25) is 0 Å². The first-order chi connectivity index (χ1) is 27.5. The minimum atomic E-state index is -2.62. The van der Waals surface area contributed by atoms with Crippen LogP contribution >= 0.6 is 0 Å². The van der Waals surface area contributed by atoms with Gasteiger partial charge in [0.1, 0.15) is 25.4 Å². The summed E-state index contributed by atoms with van der Waals surface area (Å²) in [5.74, 6) is -8.46. The first-order valence-corrected chi connectivity index (χ1v) is 18.2. The van der Waals surface area contributed by atoms with E-state index in [9.17, 15) is 69.3 Å². The molecule has 0 aromatic heterocycles. The number of allylic oxidation sites excluding steroid dienone is 4. The summed E-state index contributed by atoms with van der Waals surface area (Å²) in [6.45, 7) is -0.0120. The lowest BCUT2D eigenvalue weighted by molar-refractivity contribution is -0.790. The summed E-state index contributed by atoms with van der Waals surface area (Å²) >= 11 is 0. The van der Waals surface area contributed by atoms with Gasteiger partial charge in [-0.25, -0.2) is 9.18 Å². The summed E-state index contributed by atoms with van der Waals surface area (Å²) in [5.41, 5.74) is -7.83. The number of hydrogen-bond acceptors (Lipinski definition) is 20. The fraction of sp³-hybridized carbons (Fsp3) is 0.706. The van der Waals surface area contributed by atoms with E-state index in [-0.39, 0.29) is 31.5 Å². The molecule has 0 bridgehead atoms. The molecule has 4 aliphatic rings. The van der Waals surface area contributed by atoms with Crippen molar-refractivity contribution in [3.63, 3.8) is 0 Å². The molecule has 4 rings (SSSR count). The fourth-order valence-electron chi connectivity index (χ4n) is 9.11. The molecule has 3 N–H and O–H groups in total. The number of nitrogens with zero attached hydrogens (tertiary/aromatic N) is 3. The zero-order valence-corrected chi connectivity index (χ0v) is 31.9. The number of ketones is 2. The number of nitrogens with one attached hydrogen (secondary N) is 1. The van der Waals surface area contributed by atoms with Gasteiger partial charge in [-0.1, -0.05) is 18.6 Å². The molecule has 0 aliphatic heterocycles. The number of carbonyl (C=O) groups excluding carboxylic acids is 6. The van der Waals surface area contributed by atoms with Crippen molar-refractivity contribution in [1.29, 1.82) is 0 Å². The van der Waals surface area contributed by atoms with Crippen molar-refractivity contribution in [3.05, 3.63) is 54.1 Å². The van der Waals surface area contributed by atoms with Crippen LogP contribution in [0.4, 0.5) is 4.39 Å². The lowest BCUT2D eigenvalue weighted by atomic mass is 9.44. The van der Waals surface area contributed by atoms with Gasteiger partial charge < -0.3 is 44.3 Å². The molecule has 0 aromatic carbocycles. The highest BCUT2D eigenvalue weighted by Crippen LogP contribution is 2.70. The molecule has 4 unspecified atom stereocenters. The normalized spacial score (nSPS) is 31.4. The maximum absolute atomic E-state index is 17.7. The first-order valence-electron chi connectivity index (χ1n) is 18.2. The number of hydrogen-bond donors (Lipinski definition) is 3. The van der Waals surface area contributed by atoms with Crippen LogP contribution in [0.25, 0.3) is 0 Å². The highest BCUT2D eigenvalue weighted by molar-refractivity contribution is 6.01. The molecule has 10 atom stereocenters. The maximum atomic E-state index is 17.7. The predicted molar refractivity (Wildman–Crippen MR) is 185 cm³/mol. The van der Waals surface area contributed by atoms with Gasteiger partial charge in [-0.05, 0) is 57.1 Å². The van der Waals surface area contributed by atoms with Crippen LogP contribution in [-0.4, -0.2) is 123 Å². The summed E-state index contributed by atoms with van der Waals surface area (Å²) in [4.78, 5) is 122. The molecule has 1 amide bonds. The Hall–Kier alpha value is -5.85. The van der Waals surface area contributed by atoms with E-state index in [1.165, 1.54) is 32.1 Å². The molecular weight excluding hydrogens is 803 g/mol. The first kappa shape index (κ1) is 45.8. The van der Waals surface area contributed by atoms with E-state index >= 15 is 4.39 Å². The van der Waals surface area contributed by atoms with E-state index in [1.807, 2.05) is 0 Å². The number of Topliss-reactive ketones (excluding diaryl/α,β-unsaturated/α-hetero) is 1.